The summed E-state index contributed by atoms with van der Waals surface area (Å²) >= 11 is 1.54. The number of amides is 1. The molecular formula is C15H15N5OS. The van der Waals surface area contributed by atoms with Gasteiger partial charge >= 0.3 is 0 Å². The first-order chi connectivity index (χ1) is 10.6. The van der Waals surface area contributed by atoms with E-state index in [1.807, 2.05) is 37.4 Å². The number of aromatic nitrogens is 3. The lowest BCUT2D eigenvalue weighted by atomic mass is 10.1. The van der Waals surface area contributed by atoms with Gasteiger partial charge in [0.1, 0.15) is 0 Å². The van der Waals surface area contributed by atoms with Gasteiger partial charge in [-0.25, -0.2) is 4.98 Å². The molecule has 0 radical (unpaired) electrons. The summed E-state index contributed by atoms with van der Waals surface area (Å²) < 4.78 is 0. The molecule has 7 heteroatoms. The van der Waals surface area contributed by atoms with Crippen LogP contribution >= 0.6 is 11.3 Å². The highest BCUT2D eigenvalue weighted by molar-refractivity contribution is 7.07. The molecule has 0 bridgehead atoms. The second-order valence-corrected chi connectivity index (χ2v) is 5.91. The molecule has 1 aromatic carbocycles. The minimum atomic E-state index is -0.596. The summed E-state index contributed by atoms with van der Waals surface area (Å²) in [6.45, 7) is 3.97. The number of fused-ring (bicyclic) bond motifs is 1. The Balaban J connectivity index is 2.19. The molecule has 6 nitrogen and oxygen atoms in total. The first-order valence-corrected chi connectivity index (χ1v) is 7.76. The van der Waals surface area contributed by atoms with E-state index >= 15 is 0 Å². The number of rotatable bonds is 4. The molecule has 0 aliphatic heterocycles. The standard InChI is InChI=1S/C15H15N5OS/c1-8(2)18-13-10-4-3-9(12-6-22-7-17-12)5-11(10)19-20-14(13)15(16)21/h3-8H,1-2H3,(H2,16,21)(H,18,19). The van der Waals surface area contributed by atoms with E-state index in [0.717, 1.165) is 16.6 Å². The number of anilines is 1. The fraction of sp³-hybridized carbons (Fsp3) is 0.200. The lowest BCUT2D eigenvalue weighted by Crippen LogP contribution is -2.20. The van der Waals surface area contributed by atoms with Crippen LogP contribution in [0.3, 0.4) is 0 Å². The van der Waals surface area contributed by atoms with Gasteiger partial charge in [0.2, 0.25) is 0 Å². The van der Waals surface area contributed by atoms with E-state index in [0.29, 0.717) is 11.2 Å². The van der Waals surface area contributed by atoms with Crippen LogP contribution in [-0.4, -0.2) is 27.1 Å². The zero-order valence-corrected chi connectivity index (χ0v) is 13.0. The molecule has 1 amide bonds. The van der Waals surface area contributed by atoms with Gasteiger partial charge in [0.05, 0.1) is 22.4 Å². The highest BCUT2D eigenvalue weighted by atomic mass is 32.1. The number of benzene rings is 1. The highest BCUT2D eigenvalue weighted by Crippen LogP contribution is 2.29. The molecule has 0 saturated heterocycles. The Hall–Kier alpha value is -2.54. The van der Waals surface area contributed by atoms with Crippen LogP contribution in [0.25, 0.3) is 22.2 Å². The normalized spacial score (nSPS) is 11.0. The maximum absolute atomic E-state index is 11.6. The highest BCUT2D eigenvalue weighted by Gasteiger charge is 2.16. The summed E-state index contributed by atoms with van der Waals surface area (Å²) in [7, 11) is 0. The van der Waals surface area contributed by atoms with Gasteiger partial charge in [-0.3, -0.25) is 4.79 Å². The Labute approximate surface area is 131 Å². The Morgan fingerprint density at radius 1 is 1.32 bits per heavy atom. The van der Waals surface area contributed by atoms with Gasteiger partial charge in [-0.05, 0) is 26.0 Å². The number of nitrogens with zero attached hydrogens (tertiary/aromatic N) is 3. The van der Waals surface area contributed by atoms with Crippen LogP contribution in [-0.2, 0) is 0 Å². The predicted octanol–water partition coefficient (Wildman–Crippen LogP) is 2.67. The number of carbonyl (C=O) groups excluding carboxylic acids is 1. The maximum atomic E-state index is 11.6. The quantitative estimate of drug-likeness (QED) is 0.772. The van der Waals surface area contributed by atoms with Crippen molar-refractivity contribution < 1.29 is 4.79 Å². The predicted molar refractivity (Wildman–Crippen MR) is 87.9 cm³/mol. The second-order valence-electron chi connectivity index (χ2n) is 5.19. The van der Waals surface area contributed by atoms with Gasteiger partial charge in [-0.1, -0.05) is 6.07 Å². The molecule has 0 aliphatic carbocycles. The molecule has 0 unspecified atom stereocenters. The molecule has 112 valence electrons. The zero-order chi connectivity index (χ0) is 15.7. The van der Waals surface area contributed by atoms with Crippen LogP contribution in [0.4, 0.5) is 5.69 Å². The molecule has 2 aromatic heterocycles. The largest absolute Gasteiger partial charge is 0.380 e. The smallest absolute Gasteiger partial charge is 0.271 e. The van der Waals surface area contributed by atoms with Crippen molar-refractivity contribution in [2.24, 2.45) is 5.73 Å². The lowest BCUT2D eigenvalue weighted by molar-refractivity contribution is 0.0995. The first kappa shape index (κ1) is 14.4. The first-order valence-electron chi connectivity index (χ1n) is 6.81. The summed E-state index contributed by atoms with van der Waals surface area (Å²) in [6, 6.07) is 5.92. The second kappa shape index (κ2) is 5.69. The van der Waals surface area contributed by atoms with E-state index in [4.69, 9.17) is 5.73 Å². The summed E-state index contributed by atoms with van der Waals surface area (Å²) in [5, 5.41) is 14.1. The molecule has 0 aliphatic rings. The van der Waals surface area contributed by atoms with Crippen molar-refractivity contribution >= 4 is 33.8 Å². The van der Waals surface area contributed by atoms with Crippen molar-refractivity contribution in [1.29, 1.82) is 0 Å². The van der Waals surface area contributed by atoms with Crippen molar-refractivity contribution in [3.8, 4) is 11.3 Å². The van der Waals surface area contributed by atoms with E-state index in [1.54, 1.807) is 5.51 Å². The lowest BCUT2D eigenvalue weighted by Gasteiger charge is -2.14. The van der Waals surface area contributed by atoms with Crippen LogP contribution in [0.2, 0.25) is 0 Å². The molecule has 2 heterocycles. The fourth-order valence-electron chi connectivity index (χ4n) is 2.23. The monoisotopic (exact) mass is 313 g/mol. The van der Waals surface area contributed by atoms with Crippen LogP contribution in [0.15, 0.2) is 29.1 Å². The Kier molecular flexibility index (Phi) is 3.72. The third-order valence-electron chi connectivity index (χ3n) is 3.16. The number of carbonyl (C=O) groups is 1. The maximum Gasteiger partial charge on any atom is 0.271 e. The van der Waals surface area contributed by atoms with E-state index < -0.39 is 5.91 Å². The Morgan fingerprint density at radius 2 is 2.14 bits per heavy atom. The van der Waals surface area contributed by atoms with Crippen LogP contribution in [0.5, 0.6) is 0 Å². The summed E-state index contributed by atoms with van der Waals surface area (Å²) in [5.74, 6) is -0.596. The zero-order valence-electron chi connectivity index (χ0n) is 12.2. The third kappa shape index (κ3) is 2.62. The van der Waals surface area contributed by atoms with Crippen LogP contribution < -0.4 is 11.1 Å². The van der Waals surface area contributed by atoms with Gasteiger partial charge in [0.25, 0.3) is 5.91 Å². The molecule has 0 atom stereocenters. The van der Waals surface area contributed by atoms with Gasteiger partial charge in [0.15, 0.2) is 5.69 Å². The number of nitrogens with one attached hydrogen (secondary N) is 1. The summed E-state index contributed by atoms with van der Waals surface area (Å²) in [4.78, 5) is 15.9. The molecular weight excluding hydrogens is 298 g/mol. The van der Waals surface area contributed by atoms with Crippen molar-refractivity contribution in [2.75, 3.05) is 5.32 Å². The third-order valence-corrected chi connectivity index (χ3v) is 3.74. The average molecular weight is 313 g/mol. The number of hydrogen-bond donors (Lipinski definition) is 2. The number of thiazole rings is 1. The Bertz CT molecular complexity index is 829. The number of primary amides is 1. The molecule has 0 fully saturated rings. The van der Waals surface area contributed by atoms with Gasteiger partial charge < -0.3 is 11.1 Å². The Morgan fingerprint density at radius 3 is 2.77 bits per heavy atom. The summed E-state index contributed by atoms with van der Waals surface area (Å²) in [5.41, 5.74) is 10.5. The van der Waals surface area contributed by atoms with Gasteiger partial charge in [0, 0.05) is 22.4 Å². The molecule has 3 N–H and O–H groups in total. The van der Waals surface area contributed by atoms with Crippen molar-refractivity contribution in [3.63, 3.8) is 0 Å². The van der Waals surface area contributed by atoms with Crippen LogP contribution in [0, 0.1) is 0 Å². The van der Waals surface area contributed by atoms with Gasteiger partial charge in [-0.2, -0.15) is 0 Å². The topological polar surface area (TPSA) is 93.8 Å². The van der Waals surface area contributed by atoms with Crippen molar-refractivity contribution in [1.82, 2.24) is 15.2 Å². The molecule has 3 aromatic rings. The fourth-order valence-corrected chi connectivity index (χ4v) is 2.79. The van der Waals surface area contributed by atoms with E-state index in [1.165, 1.54) is 11.3 Å². The minimum Gasteiger partial charge on any atom is -0.380 e. The SMILES string of the molecule is CC(C)Nc1c(C(N)=O)nnc2cc(-c3cscn3)ccc12. The van der Waals surface area contributed by atoms with Crippen molar-refractivity contribution in [3.05, 3.63) is 34.8 Å². The number of hydrogen-bond acceptors (Lipinski definition) is 6. The average Bonchev–Trinajstić information content (AvgIpc) is 3.00. The van der Waals surface area contributed by atoms with Crippen LogP contribution in [0.1, 0.15) is 24.3 Å². The van der Waals surface area contributed by atoms with Gasteiger partial charge in [-0.15, -0.1) is 21.5 Å². The molecule has 0 saturated carbocycles. The number of nitrogens with two attached hydrogens (primary N) is 1. The molecule has 3 rings (SSSR count). The molecule has 0 spiro atoms. The van der Waals surface area contributed by atoms with E-state index in [2.05, 4.69) is 20.5 Å². The summed E-state index contributed by atoms with van der Waals surface area (Å²) in [6.07, 6.45) is 0. The molecule has 22 heavy (non-hydrogen) atoms. The van der Waals surface area contributed by atoms with Crippen molar-refractivity contribution in [2.45, 2.75) is 19.9 Å². The minimum absolute atomic E-state index is 0.142. The van der Waals surface area contributed by atoms with E-state index in [9.17, 15) is 4.79 Å². The van der Waals surface area contributed by atoms with E-state index in [-0.39, 0.29) is 11.7 Å².